The van der Waals surface area contributed by atoms with Gasteiger partial charge in [0.25, 0.3) is 0 Å². The Labute approximate surface area is 260 Å². The van der Waals surface area contributed by atoms with Crippen LogP contribution in [0.4, 0.5) is 23.4 Å². The van der Waals surface area contributed by atoms with Gasteiger partial charge in [0.15, 0.2) is 11.5 Å². The van der Waals surface area contributed by atoms with Crippen molar-refractivity contribution in [3.63, 3.8) is 0 Å². The van der Waals surface area contributed by atoms with Crippen LogP contribution in [0.3, 0.4) is 0 Å². The van der Waals surface area contributed by atoms with E-state index >= 15 is 4.39 Å². The van der Waals surface area contributed by atoms with E-state index in [1.165, 1.54) is 16.8 Å². The summed E-state index contributed by atoms with van der Waals surface area (Å²) in [5, 5.41) is 0.132. The van der Waals surface area contributed by atoms with Gasteiger partial charge in [0.05, 0.1) is 16.6 Å². The number of fused-ring (bicyclic) bond motifs is 5. The Balaban J connectivity index is 1.68. The van der Waals surface area contributed by atoms with E-state index in [9.17, 15) is 22.8 Å². The minimum atomic E-state index is -4.73. The van der Waals surface area contributed by atoms with E-state index < -0.39 is 28.9 Å². The summed E-state index contributed by atoms with van der Waals surface area (Å²) in [5.41, 5.74) is -1.85. The fourth-order valence-corrected chi connectivity index (χ4v) is 5.85. The third-order valence-corrected chi connectivity index (χ3v) is 8.03. The summed E-state index contributed by atoms with van der Waals surface area (Å²) in [6.45, 7) is 9.81. The molecule has 3 aromatic heterocycles. The molecule has 0 saturated carbocycles. The van der Waals surface area contributed by atoms with Crippen molar-refractivity contribution >= 4 is 22.8 Å². The van der Waals surface area contributed by atoms with Crippen molar-refractivity contribution in [3.05, 3.63) is 76.7 Å². The average molecular weight is 639 g/mol. The molecular formula is C32H30F4N6O4. The van der Waals surface area contributed by atoms with Gasteiger partial charge in [-0.15, -0.1) is 0 Å². The summed E-state index contributed by atoms with van der Waals surface area (Å²) in [6.07, 6.45) is -1.97. The molecule has 5 heterocycles. The Kier molecular flexibility index (Phi) is 7.90. The molecule has 1 fully saturated rings. The second kappa shape index (κ2) is 11.7. The number of piperazine rings is 1. The van der Waals surface area contributed by atoms with Crippen molar-refractivity contribution < 1.29 is 31.8 Å². The molecule has 4 aromatic rings. The summed E-state index contributed by atoms with van der Waals surface area (Å²) < 4.78 is 70.7. The minimum absolute atomic E-state index is 0.0412. The SMILES string of the molecule is C=CC(=O)N1CCN(c2nc(=O)n3c4nc(c(F)cc24)-c2cc(C(F)(F)F)ccc2OCCOc2ccnc(C(C)C)c2-3)[C@@H](C)C1. The number of amides is 1. The molecule has 2 aliphatic rings. The number of benzene rings is 1. The molecule has 14 heteroatoms. The number of halogens is 4. The van der Waals surface area contributed by atoms with Crippen molar-refractivity contribution in [1.82, 2.24) is 24.4 Å². The van der Waals surface area contributed by atoms with E-state index in [2.05, 4.69) is 21.5 Å². The van der Waals surface area contributed by atoms with Crippen molar-refractivity contribution in [3.8, 4) is 28.4 Å². The van der Waals surface area contributed by atoms with E-state index in [-0.39, 0.29) is 83.8 Å². The minimum Gasteiger partial charge on any atom is -0.489 e. The van der Waals surface area contributed by atoms with Crippen LogP contribution in [0.1, 0.15) is 37.9 Å². The molecule has 0 radical (unpaired) electrons. The first-order chi connectivity index (χ1) is 21.9. The van der Waals surface area contributed by atoms with Crippen LogP contribution in [0.5, 0.6) is 11.5 Å². The van der Waals surface area contributed by atoms with Crippen molar-refractivity contribution in [1.29, 1.82) is 0 Å². The third kappa shape index (κ3) is 5.41. The predicted molar refractivity (Wildman–Crippen MR) is 162 cm³/mol. The van der Waals surface area contributed by atoms with Gasteiger partial charge in [-0.05, 0) is 43.2 Å². The van der Waals surface area contributed by atoms with Crippen molar-refractivity contribution in [2.75, 3.05) is 37.7 Å². The van der Waals surface area contributed by atoms with Gasteiger partial charge in [0.2, 0.25) is 5.91 Å². The highest BCUT2D eigenvalue weighted by atomic mass is 19.4. The first-order valence-electron chi connectivity index (χ1n) is 14.7. The lowest BCUT2D eigenvalue weighted by atomic mass is 10.0. The smallest absolute Gasteiger partial charge is 0.416 e. The van der Waals surface area contributed by atoms with Crippen molar-refractivity contribution in [2.45, 2.75) is 38.9 Å². The molecule has 1 saturated heterocycles. The van der Waals surface area contributed by atoms with Gasteiger partial charge >= 0.3 is 11.9 Å². The maximum absolute atomic E-state index is 16.2. The Morgan fingerprint density at radius 2 is 1.83 bits per heavy atom. The van der Waals surface area contributed by atoms with E-state index in [0.29, 0.717) is 12.2 Å². The monoisotopic (exact) mass is 638 g/mol. The third-order valence-electron chi connectivity index (χ3n) is 8.03. The maximum Gasteiger partial charge on any atom is 0.416 e. The molecule has 240 valence electrons. The van der Waals surface area contributed by atoms with Gasteiger partial charge in [-0.3, -0.25) is 9.78 Å². The Morgan fingerprint density at radius 1 is 1.09 bits per heavy atom. The van der Waals surface area contributed by atoms with Crippen LogP contribution in [-0.2, 0) is 11.0 Å². The van der Waals surface area contributed by atoms with E-state index in [1.807, 2.05) is 20.8 Å². The molecular weight excluding hydrogens is 608 g/mol. The lowest BCUT2D eigenvalue weighted by Crippen LogP contribution is -2.54. The standard InChI is InChI=1S/C32H30F4N6O4/c1-5-25(43)40-10-11-41(18(4)16-40)29-21-15-22(33)27-20-14-19(32(34,35)36)6-7-23(20)45-12-13-46-24-8-9-37-26(17(2)3)28(24)42(30(21)38-27)31(44)39-29/h5-9,14-15,17-18H,1,10-13,16H2,2-4H3/t18-/m0/s1. The zero-order chi connectivity index (χ0) is 32.9. The largest absolute Gasteiger partial charge is 0.489 e. The van der Waals surface area contributed by atoms with Crippen LogP contribution in [0.25, 0.3) is 28.0 Å². The van der Waals surface area contributed by atoms with E-state index in [4.69, 9.17) is 9.47 Å². The highest BCUT2D eigenvalue weighted by Crippen LogP contribution is 2.40. The van der Waals surface area contributed by atoms with Crippen LogP contribution < -0.4 is 20.1 Å². The van der Waals surface area contributed by atoms with E-state index in [1.54, 1.807) is 15.9 Å². The molecule has 1 aromatic carbocycles. The second-order valence-electron chi connectivity index (χ2n) is 11.4. The topological polar surface area (TPSA) is 103 Å². The van der Waals surface area contributed by atoms with Gasteiger partial charge in [0, 0.05) is 43.5 Å². The second-order valence-corrected chi connectivity index (χ2v) is 11.4. The highest BCUT2D eigenvalue weighted by Gasteiger charge is 2.34. The first kappa shape index (κ1) is 31.0. The van der Waals surface area contributed by atoms with Gasteiger partial charge in [-0.2, -0.15) is 18.2 Å². The Bertz CT molecular complexity index is 1930. The number of ether oxygens (including phenoxy) is 2. The van der Waals surface area contributed by atoms with Gasteiger partial charge < -0.3 is 19.3 Å². The van der Waals surface area contributed by atoms with Crippen LogP contribution in [-0.4, -0.2) is 69.2 Å². The first-order valence-corrected chi connectivity index (χ1v) is 14.7. The number of carbonyl (C=O) groups is 1. The number of carbonyl (C=O) groups excluding carboxylic acids is 1. The lowest BCUT2D eigenvalue weighted by Gasteiger charge is -2.40. The molecule has 6 rings (SSSR count). The molecule has 1 amide bonds. The Morgan fingerprint density at radius 3 is 2.50 bits per heavy atom. The molecule has 10 nitrogen and oxygen atoms in total. The van der Waals surface area contributed by atoms with E-state index in [0.717, 1.165) is 24.3 Å². The number of nitrogens with zero attached hydrogens (tertiary/aromatic N) is 6. The van der Waals surface area contributed by atoms with Crippen LogP contribution in [0, 0.1) is 5.82 Å². The number of rotatable bonds is 3. The average Bonchev–Trinajstić information content (AvgIpc) is 3.01. The number of pyridine rings is 2. The quantitative estimate of drug-likeness (QED) is 0.225. The summed E-state index contributed by atoms with van der Waals surface area (Å²) in [5.74, 6) is -1.05. The molecule has 0 aliphatic carbocycles. The normalized spacial score (nSPS) is 16.7. The summed E-state index contributed by atoms with van der Waals surface area (Å²) >= 11 is 0. The summed E-state index contributed by atoms with van der Waals surface area (Å²) in [7, 11) is 0. The van der Waals surface area contributed by atoms with Gasteiger partial charge in [-0.1, -0.05) is 20.4 Å². The zero-order valence-electron chi connectivity index (χ0n) is 25.3. The zero-order valence-corrected chi connectivity index (χ0v) is 25.3. The highest BCUT2D eigenvalue weighted by molar-refractivity contribution is 5.92. The van der Waals surface area contributed by atoms with Crippen LogP contribution >= 0.6 is 0 Å². The number of alkyl halides is 3. The number of hydrogen-bond donors (Lipinski definition) is 0. The van der Waals surface area contributed by atoms with Gasteiger partial charge in [0.1, 0.15) is 41.9 Å². The van der Waals surface area contributed by atoms with Crippen LogP contribution in [0.2, 0.25) is 0 Å². The Hall–Kier alpha value is -5.01. The summed E-state index contributed by atoms with van der Waals surface area (Å²) in [6, 6.07) is 5.08. The molecule has 0 spiro atoms. The van der Waals surface area contributed by atoms with Crippen LogP contribution in [0.15, 0.2) is 54.0 Å². The molecule has 0 unspecified atom stereocenters. The fraction of sp³-hybridized carbons (Fsp3) is 0.344. The number of hydrogen-bond acceptors (Lipinski definition) is 8. The molecule has 1 atom stereocenters. The molecule has 0 N–H and O–H groups in total. The molecule has 2 aliphatic heterocycles. The maximum atomic E-state index is 16.2. The fourth-order valence-electron chi connectivity index (χ4n) is 5.85. The predicted octanol–water partition coefficient (Wildman–Crippen LogP) is 5.12. The van der Waals surface area contributed by atoms with Gasteiger partial charge in [-0.25, -0.2) is 18.7 Å². The van der Waals surface area contributed by atoms with Crippen molar-refractivity contribution in [2.24, 2.45) is 0 Å². The number of aromatic nitrogens is 4. The molecule has 46 heavy (non-hydrogen) atoms. The number of anilines is 1. The lowest BCUT2D eigenvalue weighted by molar-refractivity contribution is -0.137. The summed E-state index contributed by atoms with van der Waals surface area (Å²) in [4.78, 5) is 43.3. The molecule has 2 bridgehead atoms.